The van der Waals surface area contributed by atoms with Crippen molar-refractivity contribution in [3.63, 3.8) is 0 Å². The number of furan rings is 1. The molecule has 0 atom stereocenters. The quantitative estimate of drug-likeness (QED) is 0.332. The van der Waals surface area contributed by atoms with E-state index in [2.05, 4.69) is 10.4 Å². The van der Waals surface area contributed by atoms with Crippen LogP contribution in [-0.4, -0.2) is 34.8 Å². The van der Waals surface area contributed by atoms with Gasteiger partial charge in [-0.3, -0.25) is 4.79 Å². The van der Waals surface area contributed by atoms with Crippen molar-refractivity contribution in [1.29, 1.82) is 0 Å². The number of para-hydroxylation sites is 2. The molecule has 2 heterocycles. The molecule has 0 saturated carbocycles. The van der Waals surface area contributed by atoms with Crippen LogP contribution in [0.2, 0.25) is 0 Å². The van der Waals surface area contributed by atoms with Crippen LogP contribution in [0.3, 0.4) is 0 Å². The number of esters is 1. The molecule has 0 spiro atoms. The standard InChI is InChI=1S/C25H23N3O4/c1-2-14-26-23(29)17-31-24(30)13-12-19-16-28(20-9-4-3-5-10-20)27-25(19)22-15-18-8-6-7-11-21(18)32-22/h3-13,15-16H,2,14,17H2,1H3,(H,26,29). The number of hydrogen-bond acceptors (Lipinski definition) is 5. The SMILES string of the molecule is CCCNC(=O)COC(=O)C=Cc1cn(-c2ccccc2)nc1-c1cc2ccccc2o1. The lowest BCUT2D eigenvalue weighted by Crippen LogP contribution is -2.28. The second kappa shape index (κ2) is 9.78. The Morgan fingerprint density at radius 1 is 1.12 bits per heavy atom. The lowest BCUT2D eigenvalue weighted by Gasteiger charge is -2.03. The van der Waals surface area contributed by atoms with Crippen LogP contribution < -0.4 is 5.32 Å². The molecule has 0 aliphatic rings. The zero-order valence-electron chi connectivity index (χ0n) is 17.7. The highest BCUT2D eigenvalue weighted by atomic mass is 16.5. The minimum absolute atomic E-state index is 0.317. The molecule has 0 fully saturated rings. The fraction of sp³-hybridized carbons (Fsp3) is 0.160. The maximum absolute atomic E-state index is 12.1. The molecular formula is C25H23N3O4. The summed E-state index contributed by atoms with van der Waals surface area (Å²) >= 11 is 0. The normalized spacial score (nSPS) is 11.2. The van der Waals surface area contributed by atoms with E-state index in [1.165, 1.54) is 6.08 Å². The van der Waals surface area contributed by atoms with E-state index < -0.39 is 5.97 Å². The first-order chi connectivity index (χ1) is 15.6. The van der Waals surface area contributed by atoms with Gasteiger partial charge >= 0.3 is 5.97 Å². The summed E-state index contributed by atoms with van der Waals surface area (Å²) in [5.74, 6) is -0.346. The summed E-state index contributed by atoms with van der Waals surface area (Å²) in [4.78, 5) is 23.7. The molecule has 0 bridgehead atoms. The van der Waals surface area contributed by atoms with Gasteiger partial charge in [0.05, 0.1) is 5.69 Å². The summed E-state index contributed by atoms with van der Waals surface area (Å²) in [5, 5.41) is 8.31. The van der Waals surface area contributed by atoms with Gasteiger partial charge in [-0.1, -0.05) is 43.3 Å². The maximum atomic E-state index is 12.1. The predicted molar refractivity (Wildman–Crippen MR) is 122 cm³/mol. The molecule has 1 N–H and O–H groups in total. The minimum Gasteiger partial charge on any atom is -0.454 e. The monoisotopic (exact) mass is 429 g/mol. The average molecular weight is 429 g/mol. The van der Waals surface area contributed by atoms with Gasteiger partial charge in [-0.05, 0) is 36.8 Å². The Bertz CT molecular complexity index is 1220. The van der Waals surface area contributed by atoms with Crippen molar-refractivity contribution in [1.82, 2.24) is 15.1 Å². The van der Waals surface area contributed by atoms with Crippen molar-refractivity contribution in [2.75, 3.05) is 13.2 Å². The molecule has 4 aromatic rings. The molecular weight excluding hydrogens is 406 g/mol. The Balaban J connectivity index is 1.60. The van der Waals surface area contributed by atoms with Gasteiger partial charge in [-0.15, -0.1) is 0 Å². The van der Waals surface area contributed by atoms with Gasteiger partial charge < -0.3 is 14.5 Å². The van der Waals surface area contributed by atoms with E-state index in [4.69, 9.17) is 9.15 Å². The highest BCUT2D eigenvalue weighted by molar-refractivity contribution is 5.91. The van der Waals surface area contributed by atoms with E-state index in [1.807, 2.05) is 73.8 Å². The lowest BCUT2D eigenvalue weighted by molar-refractivity contribution is -0.143. The van der Waals surface area contributed by atoms with Crippen molar-refractivity contribution in [2.24, 2.45) is 0 Å². The van der Waals surface area contributed by atoms with Crippen LogP contribution in [0.1, 0.15) is 18.9 Å². The second-order valence-corrected chi connectivity index (χ2v) is 7.15. The number of hydrogen-bond donors (Lipinski definition) is 1. The fourth-order valence-corrected chi connectivity index (χ4v) is 3.17. The first kappa shape index (κ1) is 21.1. The van der Waals surface area contributed by atoms with Crippen LogP contribution in [0.15, 0.2) is 77.4 Å². The Kier molecular flexibility index (Phi) is 6.46. The van der Waals surface area contributed by atoms with E-state index in [-0.39, 0.29) is 12.5 Å². The molecule has 2 aromatic carbocycles. The topological polar surface area (TPSA) is 86.4 Å². The number of ether oxygens (including phenoxy) is 1. The molecule has 0 radical (unpaired) electrons. The van der Waals surface area contributed by atoms with Crippen molar-refractivity contribution in [3.05, 3.63) is 78.5 Å². The third-order valence-electron chi connectivity index (χ3n) is 4.74. The molecule has 32 heavy (non-hydrogen) atoms. The summed E-state index contributed by atoms with van der Waals surface area (Å²) in [5.41, 5.74) is 2.90. The van der Waals surface area contributed by atoms with Crippen molar-refractivity contribution < 1.29 is 18.7 Å². The minimum atomic E-state index is -0.611. The molecule has 0 aliphatic carbocycles. The number of fused-ring (bicyclic) bond motifs is 1. The van der Waals surface area contributed by atoms with E-state index in [0.29, 0.717) is 23.6 Å². The number of amides is 1. The summed E-state index contributed by atoms with van der Waals surface area (Å²) in [6.07, 6.45) is 5.53. The molecule has 0 unspecified atom stereocenters. The zero-order valence-corrected chi connectivity index (χ0v) is 17.7. The number of nitrogens with zero attached hydrogens (tertiary/aromatic N) is 2. The number of aromatic nitrogens is 2. The van der Waals surface area contributed by atoms with Gasteiger partial charge in [0, 0.05) is 29.8 Å². The Morgan fingerprint density at radius 3 is 2.69 bits per heavy atom. The van der Waals surface area contributed by atoms with Gasteiger partial charge in [0.25, 0.3) is 5.91 Å². The number of rotatable bonds is 8. The predicted octanol–water partition coefficient (Wildman–Crippen LogP) is 4.37. The first-order valence-electron chi connectivity index (χ1n) is 10.4. The van der Waals surface area contributed by atoms with Crippen molar-refractivity contribution in [2.45, 2.75) is 13.3 Å². The highest BCUT2D eigenvalue weighted by Gasteiger charge is 2.15. The molecule has 2 aromatic heterocycles. The lowest BCUT2D eigenvalue weighted by atomic mass is 10.2. The smallest absolute Gasteiger partial charge is 0.331 e. The molecule has 1 amide bonds. The number of carbonyl (C=O) groups excluding carboxylic acids is 2. The summed E-state index contributed by atoms with van der Waals surface area (Å²) in [6, 6.07) is 19.3. The number of benzene rings is 2. The van der Waals surface area contributed by atoms with Gasteiger partial charge in [-0.25, -0.2) is 9.48 Å². The molecule has 7 nitrogen and oxygen atoms in total. The molecule has 4 rings (SSSR count). The van der Waals surface area contributed by atoms with E-state index in [0.717, 1.165) is 23.1 Å². The Hall–Kier alpha value is -4.13. The van der Waals surface area contributed by atoms with E-state index in [9.17, 15) is 9.59 Å². The number of carbonyl (C=O) groups is 2. The van der Waals surface area contributed by atoms with Crippen LogP contribution in [0.4, 0.5) is 0 Å². The maximum Gasteiger partial charge on any atom is 0.331 e. The third-order valence-corrected chi connectivity index (χ3v) is 4.74. The summed E-state index contributed by atoms with van der Waals surface area (Å²) in [7, 11) is 0. The molecule has 0 saturated heterocycles. The largest absolute Gasteiger partial charge is 0.454 e. The van der Waals surface area contributed by atoms with Gasteiger partial charge in [0.15, 0.2) is 12.4 Å². The molecule has 0 aliphatic heterocycles. The van der Waals surface area contributed by atoms with Gasteiger partial charge in [0.2, 0.25) is 0 Å². The Labute approximate surface area is 185 Å². The third kappa shape index (κ3) is 4.95. The van der Waals surface area contributed by atoms with Crippen molar-refractivity contribution >= 4 is 28.9 Å². The Morgan fingerprint density at radius 2 is 1.91 bits per heavy atom. The second-order valence-electron chi connectivity index (χ2n) is 7.15. The summed E-state index contributed by atoms with van der Waals surface area (Å²) < 4.78 is 12.7. The molecule has 162 valence electrons. The van der Waals surface area contributed by atoms with Gasteiger partial charge in [0.1, 0.15) is 11.3 Å². The summed E-state index contributed by atoms with van der Waals surface area (Å²) in [6.45, 7) is 2.18. The first-order valence-corrected chi connectivity index (χ1v) is 10.4. The average Bonchev–Trinajstić information content (AvgIpc) is 3.44. The highest BCUT2D eigenvalue weighted by Crippen LogP contribution is 2.30. The van der Waals surface area contributed by atoms with Crippen LogP contribution in [0.25, 0.3) is 34.2 Å². The van der Waals surface area contributed by atoms with Crippen molar-refractivity contribution in [3.8, 4) is 17.1 Å². The van der Waals surface area contributed by atoms with Crippen LogP contribution in [-0.2, 0) is 14.3 Å². The zero-order chi connectivity index (χ0) is 22.3. The number of nitrogens with one attached hydrogen (secondary N) is 1. The van der Waals surface area contributed by atoms with E-state index >= 15 is 0 Å². The van der Waals surface area contributed by atoms with Gasteiger partial charge in [-0.2, -0.15) is 5.10 Å². The van der Waals surface area contributed by atoms with Crippen LogP contribution in [0.5, 0.6) is 0 Å². The van der Waals surface area contributed by atoms with Crippen LogP contribution in [0, 0.1) is 0 Å². The van der Waals surface area contributed by atoms with E-state index in [1.54, 1.807) is 10.8 Å². The van der Waals surface area contributed by atoms with Crippen LogP contribution >= 0.6 is 0 Å². The fourth-order valence-electron chi connectivity index (χ4n) is 3.17. The molecule has 7 heteroatoms.